The minimum Gasteiger partial charge on any atom is -0.317 e. The number of rotatable bonds is 9. The maximum Gasteiger partial charge on any atom is 0.0625 e. The van der Waals surface area contributed by atoms with Crippen molar-refractivity contribution in [2.24, 2.45) is 0 Å². The molecule has 98 valence electrons. The third-order valence-corrected chi connectivity index (χ3v) is 2.84. The van der Waals surface area contributed by atoms with E-state index >= 15 is 0 Å². The summed E-state index contributed by atoms with van der Waals surface area (Å²) in [6.45, 7) is 11.5. The van der Waals surface area contributed by atoms with Crippen LogP contribution in [0.25, 0.3) is 0 Å². The predicted octanol–water partition coefficient (Wildman–Crippen LogP) is 1.55. The average Bonchev–Trinajstić information content (AvgIpc) is 2.76. The molecule has 1 heterocycles. The number of aromatic nitrogens is 2. The summed E-state index contributed by atoms with van der Waals surface area (Å²) < 4.78 is 2.09. The maximum atomic E-state index is 4.54. The van der Waals surface area contributed by atoms with E-state index in [9.17, 15) is 0 Å². The molecule has 0 saturated carbocycles. The van der Waals surface area contributed by atoms with Gasteiger partial charge in [-0.05, 0) is 45.5 Å². The lowest BCUT2D eigenvalue weighted by Crippen LogP contribution is -2.22. The third kappa shape index (κ3) is 4.88. The Morgan fingerprint density at radius 3 is 2.59 bits per heavy atom. The summed E-state index contributed by atoms with van der Waals surface area (Å²) in [7, 11) is 0. The normalized spacial score (nSPS) is 11.0. The topological polar surface area (TPSA) is 41.9 Å². The van der Waals surface area contributed by atoms with Crippen LogP contribution in [0.5, 0.6) is 0 Å². The highest BCUT2D eigenvalue weighted by molar-refractivity contribution is 5.10. The van der Waals surface area contributed by atoms with Gasteiger partial charge in [0.25, 0.3) is 0 Å². The lowest BCUT2D eigenvalue weighted by Gasteiger charge is -2.06. The standard InChI is InChI=1S/C13H26N4/c1-4-12-10-13(17(6-3)16-12)11-15-9-7-8-14-5-2/h10,14-15H,4-9,11H2,1-3H3. The molecule has 1 aromatic rings. The summed E-state index contributed by atoms with van der Waals surface area (Å²) in [5.41, 5.74) is 2.49. The molecule has 0 atom stereocenters. The van der Waals surface area contributed by atoms with Gasteiger partial charge in [-0.15, -0.1) is 0 Å². The van der Waals surface area contributed by atoms with Crippen LogP contribution < -0.4 is 10.6 Å². The fourth-order valence-electron chi connectivity index (χ4n) is 1.84. The third-order valence-electron chi connectivity index (χ3n) is 2.84. The minimum atomic E-state index is 0.924. The van der Waals surface area contributed by atoms with Crippen molar-refractivity contribution in [2.75, 3.05) is 19.6 Å². The summed E-state index contributed by atoms with van der Waals surface area (Å²) in [5.74, 6) is 0. The highest BCUT2D eigenvalue weighted by atomic mass is 15.3. The second kappa shape index (κ2) is 8.25. The molecule has 0 saturated heterocycles. The molecular formula is C13H26N4. The molecule has 4 heteroatoms. The maximum absolute atomic E-state index is 4.54. The summed E-state index contributed by atoms with van der Waals surface area (Å²) in [5, 5.41) is 11.3. The first-order valence-corrected chi connectivity index (χ1v) is 6.78. The van der Waals surface area contributed by atoms with Crippen LogP contribution in [0.1, 0.15) is 38.6 Å². The first-order valence-electron chi connectivity index (χ1n) is 6.78. The van der Waals surface area contributed by atoms with Crippen LogP contribution in [-0.4, -0.2) is 29.4 Å². The molecule has 0 amide bonds. The Kier molecular flexibility index (Phi) is 6.89. The van der Waals surface area contributed by atoms with Crippen molar-refractivity contribution >= 4 is 0 Å². The van der Waals surface area contributed by atoms with Gasteiger partial charge < -0.3 is 10.6 Å². The van der Waals surface area contributed by atoms with E-state index in [1.54, 1.807) is 0 Å². The van der Waals surface area contributed by atoms with Crippen LogP contribution >= 0.6 is 0 Å². The largest absolute Gasteiger partial charge is 0.317 e. The number of nitrogens with one attached hydrogen (secondary N) is 2. The summed E-state index contributed by atoms with van der Waals surface area (Å²) in [6.07, 6.45) is 2.19. The van der Waals surface area contributed by atoms with Crippen LogP contribution in [0.2, 0.25) is 0 Å². The fourth-order valence-corrected chi connectivity index (χ4v) is 1.84. The van der Waals surface area contributed by atoms with E-state index in [0.29, 0.717) is 0 Å². The van der Waals surface area contributed by atoms with Crippen molar-refractivity contribution in [1.82, 2.24) is 20.4 Å². The van der Waals surface area contributed by atoms with Crippen LogP contribution in [0, 0.1) is 0 Å². The van der Waals surface area contributed by atoms with E-state index in [1.165, 1.54) is 17.8 Å². The molecule has 0 aromatic carbocycles. The molecule has 1 rings (SSSR count). The van der Waals surface area contributed by atoms with E-state index in [-0.39, 0.29) is 0 Å². The number of aryl methyl sites for hydroxylation is 2. The van der Waals surface area contributed by atoms with Crippen molar-refractivity contribution in [1.29, 1.82) is 0 Å². The minimum absolute atomic E-state index is 0.924. The van der Waals surface area contributed by atoms with Crippen molar-refractivity contribution in [3.63, 3.8) is 0 Å². The Hall–Kier alpha value is -0.870. The van der Waals surface area contributed by atoms with Gasteiger partial charge in [-0.3, -0.25) is 4.68 Å². The zero-order chi connectivity index (χ0) is 12.5. The fraction of sp³-hybridized carbons (Fsp3) is 0.769. The number of hydrogen-bond donors (Lipinski definition) is 2. The number of hydrogen-bond acceptors (Lipinski definition) is 3. The molecule has 17 heavy (non-hydrogen) atoms. The van der Waals surface area contributed by atoms with Gasteiger partial charge in [-0.25, -0.2) is 0 Å². The molecule has 2 N–H and O–H groups in total. The summed E-state index contributed by atoms with van der Waals surface area (Å²) in [4.78, 5) is 0. The first kappa shape index (κ1) is 14.2. The lowest BCUT2D eigenvalue weighted by molar-refractivity contribution is 0.560. The van der Waals surface area contributed by atoms with Crippen molar-refractivity contribution < 1.29 is 0 Å². The van der Waals surface area contributed by atoms with Gasteiger partial charge in [0.15, 0.2) is 0 Å². The summed E-state index contributed by atoms with van der Waals surface area (Å²) in [6, 6.07) is 2.21. The Labute approximate surface area is 105 Å². The van der Waals surface area contributed by atoms with E-state index in [2.05, 4.69) is 47.3 Å². The smallest absolute Gasteiger partial charge is 0.0625 e. The zero-order valence-corrected chi connectivity index (χ0v) is 11.4. The van der Waals surface area contributed by atoms with Crippen molar-refractivity contribution in [3.05, 3.63) is 17.5 Å². The molecule has 0 fully saturated rings. The predicted molar refractivity (Wildman–Crippen MR) is 72.1 cm³/mol. The highest BCUT2D eigenvalue weighted by Gasteiger charge is 2.04. The van der Waals surface area contributed by atoms with E-state index in [0.717, 1.165) is 39.1 Å². The molecule has 0 aliphatic heterocycles. The van der Waals surface area contributed by atoms with Crippen LogP contribution in [0.4, 0.5) is 0 Å². The zero-order valence-electron chi connectivity index (χ0n) is 11.4. The van der Waals surface area contributed by atoms with Crippen LogP contribution in [-0.2, 0) is 19.5 Å². The first-order chi connectivity index (χ1) is 8.31. The molecule has 4 nitrogen and oxygen atoms in total. The van der Waals surface area contributed by atoms with Gasteiger partial charge in [-0.1, -0.05) is 13.8 Å². The molecular weight excluding hydrogens is 212 g/mol. The van der Waals surface area contributed by atoms with Gasteiger partial charge >= 0.3 is 0 Å². The molecule has 0 radical (unpaired) electrons. The van der Waals surface area contributed by atoms with E-state index < -0.39 is 0 Å². The second-order valence-corrected chi connectivity index (χ2v) is 4.18. The van der Waals surface area contributed by atoms with Gasteiger partial charge in [0.1, 0.15) is 0 Å². The van der Waals surface area contributed by atoms with Gasteiger partial charge in [0.2, 0.25) is 0 Å². The molecule has 0 bridgehead atoms. The number of nitrogens with zero attached hydrogens (tertiary/aromatic N) is 2. The quantitative estimate of drug-likeness (QED) is 0.642. The molecule has 0 aliphatic carbocycles. The van der Waals surface area contributed by atoms with Gasteiger partial charge in [-0.2, -0.15) is 5.10 Å². The summed E-state index contributed by atoms with van der Waals surface area (Å²) >= 11 is 0. The van der Waals surface area contributed by atoms with Crippen LogP contribution in [0.3, 0.4) is 0 Å². The Morgan fingerprint density at radius 1 is 1.18 bits per heavy atom. The monoisotopic (exact) mass is 238 g/mol. The SMILES string of the molecule is CCNCCCNCc1cc(CC)nn1CC. The Bertz CT molecular complexity index is 306. The lowest BCUT2D eigenvalue weighted by atomic mass is 10.3. The van der Waals surface area contributed by atoms with Gasteiger partial charge in [0, 0.05) is 13.1 Å². The second-order valence-electron chi connectivity index (χ2n) is 4.18. The average molecular weight is 238 g/mol. The van der Waals surface area contributed by atoms with Gasteiger partial charge in [0.05, 0.1) is 11.4 Å². The molecule has 0 spiro atoms. The Morgan fingerprint density at radius 2 is 1.94 bits per heavy atom. The van der Waals surface area contributed by atoms with Crippen LogP contribution in [0.15, 0.2) is 6.07 Å². The molecule has 0 unspecified atom stereocenters. The highest BCUT2D eigenvalue weighted by Crippen LogP contribution is 2.05. The van der Waals surface area contributed by atoms with Crippen molar-refractivity contribution in [3.8, 4) is 0 Å². The van der Waals surface area contributed by atoms with E-state index in [1.807, 2.05) is 0 Å². The van der Waals surface area contributed by atoms with Crippen molar-refractivity contribution in [2.45, 2.75) is 46.7 Å². The Balaban J connectivity index is 2.28. The van der Waals surface area contributed by atoms with E-state index in [4.69, 9.17) is 0 Å². The molecule has 1 aromatic heterocycles. The molecule has 0 aliphatic rings.